The number of methoxy groups -OCH3 is 1. The molecule has 1 aliphatic heterocycles. The van der Waals surface area contributed by atoms with Gasteiger partial charge in [-0.25, -0.2) is 4.79 Å². The average Bonchev–Trinajstić information content (AvgIpc) is 2.91. The number of allylic oxidation sites excluding steroid dienone is 5. The van der Waals surface area contributed by atoms with E-state index < -0.39 is 11.6 Å². The molecule has 0 saturated carbocycles. The van der Waals surface area contributed by atoms with Crippen LogP contribution in [0.15, 0.2) is 72.9 Å². The van der Waals surface area contributed by atoms with E-state index in [4.69, 9.17) is 23.7 Å². The van der Waals surface area contributed by atoms with Crippen molar-refractivity contribution in [1.82, 2.24) is 0 Å². The van der Waals surface area contributed by atoms with Gasteiger partial charge in [0.2, 0.25) is 0 Å². The van der Waals surface area contributed by atoms with Crippen LogP contribution < -0.4 is 0 Å². The number of aliphatic hydroxyl groups excluding tert-OH is 1. The molecule has 1 aromatic rings. The van der Waals surface area contributed by atoms with Crippen LogP contribution in [0.5, 0.6) is 0 Å². The lowest BCUT2D eigenvalue weighted by Crippen LogP contribution is -2.40. The normalized spacial score (nSPS) is 21.3. The van der Waals surface area contributed by atoms with Crippen LogP contribution in [0, 0.1) is 0 Å². The summed E-state index contributed by atoms with van der Waals surface area (Å²) in [5, 5.41) is 9.39. The minimum Gasteiger partial charge on any atom is -0.463 e. The van der Waals surface area contributed by atoms with E-state index in [1.807, 2.05) is 71.1 Å². The van der Waals surface area contributed by atoms with Crippen LogP contribution in [-0.4, -0.2) is 48.6 Å². The molecule has 1 aliphatic rings. The first-order valence-corrected chi connectivity index (χ1v) is 14.6. The zero-order valence-electron chi connectivity index (χ0n) is 25.9. The van der Waals surface area contributed by atoms with Crippen molar-refractivity contribution in [2.24, 2.45) is 0 Å². The molecule has 7 heteroatoms. The first-order valence-electron chi connectivity index (χ1n) is 14.6. The summed E-state index contributed by atoms with van der Waals surface area (Å²) in [5.41, 5.74) is 2.06. The first-order chi connectivity index (χ1) is 19.4. The standard InChI is InChI=1S/C34H50O7/c1-8-38-32(36)23-16-12-15-22-30(40-33(3,4)37-7)27-19-17-20-28(24-27)31-25-29(39-34(5,6)41-31)21-14-11-9-10-13-18-26(2)35/h9,11-12,14-17,19-21,23-24,26,29-31,35H,8,10,13,18,22,25H2,1-7H3/b11-9+,15-12+,21-14+,23-16-/t26-,29+,30+,31-/m1/s1. The number of carbonyl (C=O) groups excluding carboxylic acids is 1. The first kappa shape index (κ1) is 34.7. The third kappa shape index (κ3) is 13.8. The highest BCUT2D eigenvalue weighted by atomic mass is 16.7. The minimum absolute atomic E-state index is 0.0943. The maximum Gasteiger partial charge on any atom is 0.330 e. The second kappa shape index (κ2) is 17.4. The highest BCUT2D eigenvalue weighted by Gasteiger charge is 2.35. The molecule has 0 spiro atoms. The Morgan fingerprint density at radius 3 is 2.63 bits per heavy atom. The molecule has 4 atom stereocenters. The quantitative estimate of drug-likeness (QED) is 0.0727. The summed E-state index contributed by atoms with van der Waals surface area (Å²) in [5.74, 6) is -1.89. The van der Waals surface area contributed by atoms with Crippen LogP contribution >= 0.6 is 0 Å². The molecule has 0 bridgehead atoms. The van der Waals surface area contributed by atoms with Gasteiger partial charge in [0.25, 0.3) is 0 Å². The number of ether oxygens (including phenoxy) is 5. The van der Waals surface area contributed by atoms with Gasteiger partial charge in [0.15, 0.2) is 11.6 Å². The lowest BCUT2D eigenvalue weighted by atomic mass is 9.96. The van der Waals surface area contributed by atoms with Crippen molar-refractivity contribution in [2.75, 3.05) is 13.7 Å². The van der Waals surface area contributed by atoms with E-state index in [1.54, 1.807) is 20.1 Å². The minimum atomic E-state index is -0.786. The number of carbonyl (C=O) groups is 1. The van der Waals surface area contributed by atoms with Crippen LogP contribution in [0.2, 0.25) is 0 Å². The van der Waals surface area contributed by atoms with Gasteiger partial charge in [-0.3, -0.25) is 0 Å². The largest absolute Gasteiger partial charge is 0.463 e. The Bertz CT molecular complexity index is 1040. The molecular formula is C34H50O7. The second-order valence-corrected chi connectivity index (χ2v) is 11.1. The van der Waals surface area contributed by atoms with Crippen molar-refractivity contribution in [2.45, 2.75) is 110 Å². The van der Waals surface area contributed by atoms with E-state index in [-0.39, 0.29) is 30.4 Å². The van der Waals surface area contributed by atoms with Gasteiger partial charge in [-0.05, 0) is 78.4 Å². The molecule has 2 rings (SSSR count). The molecular weight excluding hydrogens is 520 g/mol. The van der Waals surface area contributed by atoms with E-state index >= 15 is 0 Å². The van der Waals surface area contributed by atoms with E-state index in [0.717, 1.165) is 30.4 Å². The zero-order valence-corrected chi connectivity index (χ0v) is 25.9. The molecule has 1 saturated heterocycles. The second-order valence-electron chi connectivity index (χ2n) is 11.1. The predicted octanol–water partition coefficient (Wildman–Crippen LogP) is 7.44. The summed E-state index contributed by atoms with van der Waals surface area (Å²) in [6.07, 6.45) is 18.3. The molecule has 228 valence electrons. The summed E-state index contributed by atoms with van der Waals surface area (Å²) >= 11 is 0. The fourth-order valence-corrected chi connectivity index (χ4v) is 4.47. The van der Waals surface area contributed by atoms with Gasteiger partial charge in [-0.1, -0.05) is 66.8 Å². The third-order valence-corrected chi connectivity index (χ3v) is 6.56. The van der Waals surface area contributed by atoms with Gasteiger partial charge in [0.05, 0.1) is 31.0 Å². The number of benzene rings is 1. The van der Waals surface area contributed by atoms with Crippen LogP contribution in [0.25, 0.3) is 0 Å². The number of rotatable bonds is 16. The molecule has 0 amide bonds. The van der Waals surface area contributed by atoms with Crippen LogP contribution in [-0.2, 0) is 28.5 Å². The number of aliphatic hydroxyl groups is 1. The topological polar surface area (TPSA) is 83.5 Å². The van der Waals surface area contributed by atoms with Crippen molar-refractivity contribution in [1.29, 1.82) is 0 Å². The predicted molar refractivity (Wildman–Crippen MR) is 162 cm³/mol. The fraction of sp³-hybridized carbons (Fsp3) is 0.559. The van der Waals surface area contributed by atoms with Gasteiger partial charge >= 0.3 is 5.97 Å². The highest BCUT2D eigenvalue weighted by Crippen LogP contribution is 2.38. The van der Waals surface area contributed by atoms with E-state index in [9.17, 15) is 9.90 Å². The van der Waals surface area contributed by atoms with Gasteiger partial charge in [-0.15, -0.1) is 0 Å². The Morgan fingerprint density at radius 2 is 1.93 bits per heavy atom. The van der Waals surface area contributed by atoms with E-state index in [1.165, 1.54) is 6.08 Å². The SMILES string of the molecule is CCOC(=O)/C=C\C=C\C[C@H](OC(C)(C)OC)c1cccc([C@H]2C[C@H](/C=C/C=C/CCC[C@@H](C)O)OC(C)(C)O2)c1. The Balaban J connectivity index is 2.16. The average molecular weight is 571 g/mol. The summed E-state index contributed by atoms with van der Waals surface area (Å²) in [6, 6.07) is 8.28. The molecule has 1 N–H and O–H groups in total. The zero-order chi connectivity index (χ0) is 30.3. The number of esters is 1. The number of hydrogen-bond donors (Lipinski definition) is 1. The van der Waals surface area contributed by atoms with E-state index in [0.29, 0.717) is 19.4 Å². The summed E-state index contributed by atoms with van der Waals surface area (Å²) in [4.78, 5) is 11.6. The summed E-state index contributed by atoms with van der Waals surface area (Å²) in [7, 11) is 1.63. The number of unbranched alkanes of at least 4 members (excludes halogenated alkanes) is 1. The van der Waals surface area contributed by atoms with Crippen molar-refractivity contribution in [3.8, 4) is 0 Å². The maximum atomic E-state index is 11.6. The molecule has 41 heavy (non-hydrogen) atoms. The van der Waals surface area contributed by atoms with Crippen molar-refractivity contribution in [3.05, 3.63) is 84.0 Å². The molecule has 0 unspecified atom stereocenters. The van der Waals surface area contributed by atoms with Crippen LogP contribution in [0.4, 0.5) is 0 Å². The van der Waals surface area contributed by atoms with Crippen molar-refractivity contribution < 1.29 is 33.6 Å². The van der Waals surface area contributed by atoms with Crippen molar-refractivity contribution in [3.63, 3.8) is 0 Å². The van der Waals surface area contributed by atoms with Gasteiger partial charge in [-0.2, -0.15) is 0 Å². The van der Waals surface area contributed by atoms with Gasteiger partial charge in [0, 0.05) is 19.6 Å². The Morgan fingerprint density at radius 1 is 1.17 bits per heavy atom. The van der Waals surface area contributed by atoms with Crippen LogP contribution in [0.1, 0.15) is 97.0 Å². The lowest BCUT2D eigenvalue weighted by molar-refractivity contribution is -0.292. The molecule has 0 aliphatic carbocycles. The summed E-state index contributed by atoms with van der Waals surface area (Å²) in [6.45, 7) is 11.6. The molecule has 0 aromatic heterocycles. The molecule has 1 aromatic carbocycles. The Kier molecular flexibility index (Phi) is 14.7. The highest BCUT2D eigenvalue weighted by molar-refractivity contribution is 5.82. The fourth-order valence-electron chi connectivity index (χ4n) is 4.47. The van der Waals surface area contributed by atoms with Crippen molar-refractivity contribution >= 4 is 5.97 Å². The van der Waals surface area contributed by atoms with Gasteiger partial charge in [0.1, 0.15) is 0 Å². The molecule has 0 radical (unpaired) electrons. The third-order valence-electron chi connectivity index (χ3n) is 6.56. The Labute approximate surface area is 246 Å². The lowest BCUT2D eigenvalue weighted by Gasteiger charge is -2.40. The summed E-state index contributed by atoms with van der Waals surface area (Å²) < 4.78 is 29.4. The smallest absolute Gasteiger partial charge is 0.330 e. The maximum absolute atomic E-state index is 11.6. The van der Waals surface area contributed by atoms with E-state index in [2.05, 4.69) is 24.3 Å². The molecule has 1 heterocycles. The molecule has 1 fully saturated rings. The monoisotopic (exact) mass is 570 g/mol. The Hall–Kier alpha value is -2.55. The van der Waals surface area contributed by atoms with Gasteiger partial charge < -0.3 is 28.8 Å². The molecule has 7 nitrogen and oxygen atoms in total. The van der Waals surface area contributed by atoms with Crippen LogP contribution in [0.3, 0.4) is 0 Å². The number of hydrogen-bond acceptors (Lipinski definition) is 7.